The van der Waals surface area contributed by atoms with Crippen LogP contribution in [0.15, 0.2) is 12.1 Å². The van der Waals surface area contributed by atoms with Crippen molar-refractivity contribution >= 4 is 25.7 Å². The summed E-state index contributed by atoms with van der Waals surface area (Å²) < 4.78 is 33.5. The van der Waals surface area contributed by atoms with Crippen LogP contribution in [0.5, 0.6) is 5.75 Å². The predicted octanol–water partition coefficient (Wildman–Crippen LogP) is 5.76. The topological polar surface area (TPSA) is 74.0 Å². The fourth-order valence-electron chi connectivity index (χ4n) is 3.91. The van der Waals surface area contributed by atoms with Crippen LogP contribution < -0.4 is 10.5 Å². The Kier molecular flexibility index (Phi) is 6.93. The fourth-order valence-corrected chi connectivity index (χ4v) is 5.25. The highest BCUT2D eigenvalue weighted by Gasteiger charge is 2.41. The van der Waals surface area contributed by atoms with Gasteiger partial charge in [-0.1, -0.05) is 26.8 Å². The minimum atomic E-state index is -2.16. The number of carbonyl (C=O) groups is 1. The first-order valence-electron chi connectivity index (χ1n) is 11.7. The molecule has 2 heterocycles. The third-order valence-electron chi connectivity index (χ3n) is 6.61. The Labute approximate surface area is 198 Å². The third-order valence-corrected chi connectivity index (χ3v) is 11.1. The van der Waals surface area contributed by atoms with Crippen molar-refractivity contribution in [2.75, 3.05) is 25.4 Å². The Bertz CT molecular complexity index is 947. The highest BCUT2D eigenvalue weighted by molar-refractivity contribution is 6.74. The van der Waals surface area contributed by atoms with E-state index in [9.17, 15) is 4.79 Å². The molecule has 184 valence electrons. The average molecular weight is 479 g/mol. The molecule has 0 saturated carbocycles. The van der Waals surface area contributed by atoms with Crippen LogP contribution in [-0.4, -0.2) is 50.7 Å². The van der Waals surface area contributed by atoms with Crippen molar-refractivity contribution in [2.45, 2.75) is 84.2 Å². The molecule has 2 N–H and O–H groups in total. The quantitative estimate of drug-likeness (QED) is 0.442. The third kappa shape index (κ3) is 5.72. The summed E-state index contributed by atoms with van der Waals surface area (Å²) in [6.07, 6.45) is 2.35. The largest absolute Gasteiger partial charge is 0.492 e. The molecule has 0 bridgehead atoms. The lowest BCUT2D eigenvalue weighted by Crippen LogP contribution is -2.48. The van der Waals surface area contributed by atoms with Crippen LogP contribution in [0.3, 0.4) is 0 Å². The predicted molar refractivity (Wildman–Crippen MR) is 132 cm³/mol. The van der Waals surface area contributed by atoms with Gasteiger partial charge < -0.3 is 24.5 Å². The van der Waals surface area contributed by atoms with Crippen LogP contribution in [0.25, 0.3) is 5.57 Å². The van der Waals surface area contributed by atoms with Crippen molar-refractivity contribution in [1.82, 2.24) is 4.90 Å². The van der Waals surface area contributed by atoms with E-state index in [4.69, 9.17) is 19.6 Å². The molecule has 2 aliphatic heterocycles. The Hall–Kier alpha value is -2.06. The minimum Gasteiger partial charge on any atom is -0.492 e. The number of anilines is 1. The molecule has 0 aromatic heterocycles. The van der Waals surface area contributed by atoms with Gasteiger partial charge in [-0.15, -0.1) is 0 Å². The zero-order chi connectivity index (χ0) is 24.8. The number of nitrogen functional groups attached to an aromatic ring is 1. The summed E-state index contributed by atoms with van der Waals surface area (Å²) in [5.41, 5.74) is 7.59. The number of ether oxygens (including phenoxy) is 2. The van der Waals surface area contributed by atoms with Gasteiger partial charge in [0.15, 0.2) is 14.1 Å². The molecule has 8 heteroatoms. The molecule has 6 nitrogen and oxygen atoms in total. The standard InChI is InChI=1S/C25H39FN2O4Si/c1-24(2,3)31-23(29)28-11-9-16(13-18(15-28)32-33(7,8)25(4,5)6)20-21(26)19(27)14-17-10-12-30-22(17)20/h9,14,18H,10-13,15,27H2,1-8H3. The minimum absolute atomic E-state index is 0.00723. The lowest BCUT2D eigenvalue weighted by atomic mass is 9.95. The summed E-state index contributed by atoms with van der Waals surface area (Å²) in [4.78, 5) is 14.6. The molecule has 0 spiro atoms. The van der Waals surface area contributed by atoms with Gasteiger partial charge >= 0.3 is 6.09 Å². The van der Waals surface area contributed by atoms with Crippen molar-refractivity contribution in [3.05, 3.63) is 29.1 Å². The van der Waals surface area contributed by atoms with Gasteiger partial charge in [0.2, 0.25) is 0 Å². The van der Waals surface area contributed by atoms with E-state index in [0.717, 1.165) is 11.1 Å². The molecule has 1 aromatic carbocycles. The number of rotatable bonds is 3. The summed E-state index contributed by atoms with van der Waals surface area (Å²) in [5, 5.41) is -0.00723. The summed E-state index contributed by atoms with van der Waals surface area (Å²) in [6.45, 7) is 17.6. The summed E-state index contributed by atoms with van der Waals surface area (Å²) >= 11 is 0. The monoisotopic (exact) mass is 478 g/mol. The van der Waals surface area contributed by atoms with Crippen LogP contribution in [0.2, 0.25) is 18.1 Å². The summed E-state index contributed by atoms with van der Waals surface area (Å²) in [7, 11) is -2.16. The van der Waals surface area contributed by atoms with Crippen molar-refractivity contribution in [2.24, 2.45) is 0 Å². The van der Waals surface area contributed by atoms with E-state index >= 15 is 4.39 Å². The number of carbonyl (C=O) groups excluding carboxylic acids is 1. The Morgan fingerprint density at radius 2 is 1.91 bits per heavy atom. The molecule has 0 radical (unpaired) electrons. The van der Waals surface area contributed by atoms with E-state index in [1.807, 2.05) is 26.8 Å². The van der Waals surface area contributed by atoms with E-state index < -0.39 is 25.8 Å². The number of hydrogen-bond acceptors (Lipinski definition) is 5. The van der Waals surface area contributed by atoms with Gasteiger partial charge in [0.25, 0.3) is 0 Å². The zero-order valence-electron chi connectivity index (χ0n) is 21.3. The second kappa shape index (κ2) is 8.95. The molecule has 1 amide bonds. The first-order valence-corrected chi connectivity index (χ1v) is 14.6. The molecule has 1 atom stereocenters. The first kappa shape index (κ1) is 25.6. The number of nitrogens with two attached hydrogens (primary N) is 1. The maximum absolute atomic E-state index is 15.3. The lowest BCUT2D eigenvalue weighted by molar-refractivity contribution is 0.0196. The van der Waals surface area contributed by atoms with Crippen molar-refractivity contribution in [1.29, 1.82) is 0 Å². The molecule has 2 aliphatic rings. The van der Waals surface area contributed by atoms with Gasteiger partial charge in [-0.3, -0.25) is 0 Å². The maximum atomic E-state index is 15.3. The van der Waals surface area contributed by atoms with Gasteiger partial charge in [-0.25, -0.2) is 9.18 Å². The highest BCUT2D eigenvalue weighted by Crippen LogP contribution is 2.43. The Morgan fingerprint density at radius 1 is 1.24 bits per heavy atom. The first-order chi connectivity index (χ1) is 15.1. The second-order valence-electron chi connectivity index (χ2n) is 11.6. The SMILES string of the molecule is CC(C)(C)OC(=O)N1CC=C(c2c(F)c(N)cc3c2OCC3)CC(O[Si](C)(C)C(C)(C)C)C1. The Morgan fingerprint density at radius 3 is 2.52 bits per heavy atom. The van der Waals surface area contributed by atoms with Gasteiger partial charge in [-0.05, 0) is 57.0 Å². The van der Waals surface area contributed by atoms with Crippen LogP contribution in [0.4, 0.5) is 14.9 Å². The number of hydrogen-bond donors (Lipinski definition) is 1. The van der Waals surface area contributed by atoms with E-state index in [-0.39, 0.29) is 16.8 Å². The normalized spacial score (nSPS) is 19.5. The molecular weight excluding hydrogens is 439 g/mol. The summed E-state index contributed by atoms with van der Waals surface area (Å²) in [5.74, 6) is 0.0865. The van der Waals surface area contributed by atoms with Crippen LogP contribution in [0.1, 0.15) is 59.1 Å². The maximum Gasteiger partial charge on any atom is 0.410 e. The number of nitrogens with zero attached hydrogens (tertiary/aromatic N) is 1. The number of fused-ring (bicyclic) bond motifs is 1. The lowest BCUT2D eigenvalue weighted by Gasteiger charge is -2.40. The second-order valence-corrected chi connectivity index (χ2v) is 16.3. The Balaban J connectivity index is 2.01. The number of benzene rings is 1. The van der Waals surface area contributed by atoms with E-state index in [1.54, 1.807) is 11.0 Å². The molecule has 33 heavy (non-hydrogen) atoms. The zero-order valence-corrected chi connectivity index (χ0v) is 22.3. The van der Waals surface area contributed by atoms with Gasteiger partial charge in [0.1, 0.15) is 11.4 Å². The van der Waals surface area contributed by atoms with Gasteiger partial charge in [0, 0.05) is 25.1 Å². The van der Waals surface area contributed by atoms with E-state index in [0.29, 0.717) is 43.9 Å². The fraction of sp³-hybridized carbons (Fsp3) is 0.640. The molecular formula is C25H39FN2O4Si. The molecule has 0 aliphatic carbocycles. The van der Waals surface area contributed by atoms with Crippen molar-refractivity contribution in [3.8, 4) is 5.75 Å². The molecule has 1 unspecified atom stereocenters. The smallest absolute Gasteiger partial charge is 0.410 e. The number of amides is 1. The van der Waals surface area contributed by atoms with Gasteiger partial charge in [-0.2, -0.15) is 0 Å². The van der Waals surface area contributed by atoms with Crippen LogP contribution in [-0.2, 0) is 15.6 Å². The van der Waals surface area contributed by atoms with Crippen molar-refractivity contribution in [3.63, 3.8) is 0 Å². The molecule has 3 rings (SSSR count). The van der Waals surface area contributed by atoms with Crippen LogP contribution in [0, 0.1) is 5.82 Å². The van der Waals surface area contributed by atoms with E-state index in [1.165, 1.54) is 0 Å². The number of halogens is 1. The average Bonchev–Trinajstić information content (AvgIpc) is 2.99. The molecule has 0 saturated heterocycles. The molecule has 1 aromatic rings. The summed E-state index contributed by atoms with van der Waals surface area (Å²) in [6, 6.07) is 1.66. The highest BCUT2D eigenvalue weighted by atomic mass is 28.4. The van der Waals surface area contributed by atoms with Crippen LogP contribution >= 0.6 is 0 Å². The van der Waals surface area contributed by atoms with Gasteiger partial charge in [0.05, 0.1) is 24.0 Å². The van der Waals surface area contributed by atoms with Crippen molar-refractivity contribution < 1.29 is 23.1 Å². The molecule has 0 fully saturated rings. The van der Waals surface area contributed by atoms with E-state index in [2.05, 4.69) is 33.9 Å².